The maximum absolute atomic E-state index is 4.46. The van der Waals surface area contributed by atoms with Crippen molar-refractivity contribution in [2.75, 3.05) is 12.4 Å². The summed E-state index contributed by atoms with van der Waals surface area (Å²) < 4.78 is 0. The van der Waals surface area contributed by atoms with Crippen LogP contribution >= 0.6 is 0 Å². The lowest BCUT2D eigenvalue weighted by Gasteiger charge is -2.22. The molecule has 0 heterocycles. The van der Waals surface area contributed by atoms with Crippen LogP contribution in [-0.4, -0.2) is 12.8 Å². The molecule has 0 amide bonds. The van der Waals surface area contributed by atoms with Crippen molar-refractivity contribution in [2.24, 2.45) is 4.99 Å². The molecular weight excluding hydrogens is 256 g/mol. The number of para-hydroxylation sites is 1. The summed E-state index contributed by atoms with van der Waals surface area (Å²) in [6.45, 7) is 4.49. The highest BCUT2D eigenvalue weighted by molar-refractivity contribution is 6.03. The van der Waals surface area contributed by atoms with Gasteiger partial charge in [0, 0.05) is 12.7 Å². The van der Waals surface area contributed by atoms with Crippen LogP contribution in [0, 0.1) is 0 Å². The molecule has 114 valence electrons. The number of aliphatic imine (C=N–C) groups is 1. The van der Waals surface area contributed by atoms with Crippen LogP contribution in [0.5, 0.6) is 0 Å². The number of allylic oxidation sites excluding steroid dienone is 2. The van der Waals surface area contributed by atoms with Crippen molar-refractivity contribution in [1.82, 2.24) is 0 Å². The van der Waals surface area contributed by atoms with E-state index in [1.807, 2.05) is 7.05 Å². The third kappa shape index (κ3) is 3.96. The van der Waals surface area contributed by atoms with Gasteiger partial charge in [0.25, 0.3) is 0 Å². The van der Waals surface area contributed by atoms with Crippen LogP contribution in [0.15, 0.2) is 35.0 Å². The highest BCUT2D eigenvalue weighted by Gasteiger charge is 2.14. The smallest absolute Gasteiger partial charge is 0.0576 e. The Morgan fingerprint density at radius 2 is 1.76 bits per heavy atom. The Balaban J connectivity index is 2.34. The number of anilines is 1. The first kappa shape index (κ1) is 15.8. The van der Waals surface area contributed by atoms with Crippen molar-refractivity contribution in [2.45, 2.75) is 58.8 Å². The number of nitrogens with one attached hydrogen (secondary N) is 1. The van der Waals surface area contributed by atoms with Gasteiger partial charge in [-0.05, 0) is 43.2 Å². The Kier molecular flexibility index (Phi) is 6.04. The van der Waals surface area contributed by atoms with Crippen LogP contribution in [0.4, 0.5) is 5.69 Å². The predicted octanol–water partition coefficient (Wildman–Crippen LogP) is 5.14. The van der Waals surface area contributed by atoms with E-state index in [1.165, 1.54) is 47.5 Å². The standard InChI is InChI=1S/C19H28N2/c1-4-9-15-11-8-12-16(10-5-2)19(15)21-18-14-7-6-13-17(18)20-3/h8,11-12,14,21H,4-7,9-10,13H2,1-3H3. The quantitative estimate of drug-likeness (QED) is 0.768. The fourth-order valence-corrected chi connectivity index (χ4v) is 3.03. The molecule has 0 saturated heterocycles. The Hall–Kier alpha value is -1.57. The third-order valence-corrected chi connectivity index (χ3v) is 4.08. The molecule has 0 radical (unpaired) electrons. The number of hydrogen-bond acceptors (Lipinski definition) is 2. The maximum Gasteiger partial charge on any atom is 0.0576 e. The predicted molar refractivity (Wildman–Crippen MR) is 93.3 cm³/mol. The van der Waals surface area contributed by atoms with Crippen LogP contribution in [-0.2, 0) is 12.8 Å². The van der Waals surface area contributed by atoms with Crippen LogP contribution in [0.1, 0.15) is 57.1 Å². The van der Waals surface area contributed by atoms with Gasteiger partial charge < -0.3 is 5.32 Å². The number of nitrogens with zero attached hydrogens (tertiary/aromatic N) is 1. The van der Waals surface area contributed by atoms with Gasteiger partial charge in [0.2, 0.25) is 0 Å². The van der Waals surface area contributed by atoms with Crippen LogP contribution in [0.3, 0.4) is 0 Å². The second kappa shape index (κ2) is 8.02. The second-order valence-corrected chi connectivity index (χ2v) is 5.76. The summed E-state index contributed by atoms with van der Waals surface area (Å²) in [6.07, 6.45) is 10.4. The van der Waals surface area contributed by atoms with Gasteiger partial charge in [-0.1, -0.05) is 51.0 Å². The zero-order valence-corrected chi connectivity index (χ0v) is 13.7. The Morgan fingerprint density at radius 3 is 2.33 bits per heavy atom. The van der Waals surface area contributed by atoms with Crippen molar-refractivity contribution in [1.29, 1.82) is 0 Å². The van der Waals surface area contributed by atoms with Crippen molar-refractivity contribution in [3.63, 3.8) is 0 Å². The van der Waals surface area contributed by atoms with E-state index in [2.05, 4.69) is 48.4 Å². The minimum absolute atomic E-state index is 1.09. The molecule has 2 heteroatoms. The Bertz CT molecular complexity index is 502. The Labute approximate surface area is 129 Å². The zero-order valence-electron chi connectivity index (χ0n) is 13.7. The van der Waals surface area contributed by atoms with E-state index >= 15 is 0 Å². The zero-order chi connectivity index (χ0) is 15.1. The molecule has 2 rings (SSSR count). The molecule has 0 unspecified atom stereocenters. The first-order valence-electron chi connectivity index (χ1n) is 8.34. The molecule has 0 aliphatic heterocycles. The summed E-state index contributed by atoms with van der Waals surface area (Å²) in [5, 5.41) is 3.72. The van der Waals surface area contributed by atoms with E-state index < -0.39 is 0 Å². The van der Waals surface area contributed by atoms with Crippen LogP contribution in [0.25, 0.3) is 0 Å². The van der Waals surface area contributed by atoms with Crippen LogP contribution < -0.4 is 5.32 Å². The molecule has 1 aliphatic carbocycles. The van der Waals surface area contributed by atoms with Gasteiger partial charge in [0.15, 0.2) is 0 Å². The molecular formula is C19H28N2. The summed E-state index contributed by atoms with van der Waals surface area (Å²) in [5.74, 6) is 0. The van der Waals surface area contributed by atoms with Gasteiger partial charge in [-0.2, -0.15) is 0 Å². The van der Waals surface area contributed by atoms with Gasteiger partial charge in [0.05, 0.1) is 11.4 Å². The summed E-state index contributed by atoms with van der Waals surface area (Å²) in [6, 6.07) is 6.72. The fourth-order valence-electron chi connectivity index (χ4n) is 3.03. The maximum atomic E-state index is 4.46. The van der Waals surface area contributed by atoms with E-state index in [1.54, 1.807) is 0 Å². The van der Waals surface area contributed by atoms with E-state index in [0.717, 1.165) is 25.7 Å². The lowest BCUT2D eigenvalue weighted by molar-refractivity contribution is 0.862. The first-order chi connectivity index (χ1) is 10.3. The van der Waals surface area contributed by atoms with Gasteiger partial charge in [-0.3, -0.25) is 4.99 Å². The van der Waals surface area contributed by atoms with Crippen molar-refractivity contribution in [3.8, 4) is 0 Å². The highest BCUT2D eigenvalue weighted by atomic mass is 14.9. The van der Waals surface area contributed by atoms with Gasteiger partial charge >= 0.3 is 0 Å². The minimum atomic E-state index is 1.09. The van der Waals surface area contributed by atoms with Crippen molar-refractivity contribution < 1.29 is 0 Å². The van der Waals surface area contributed by atoms with E-state index in [-0.39, 0.29) is 0 Å². The van der Waals surface area contributed by atoms with Crippen molar-refractivity contribution >= 4 is 11.4 Å². The van der Waals surface area contributed by atoms with Crippen LogP contribution in [0.2, 0.25) is 0 Å². The van der Waals surface area contributed by atoms with Gasteiger partial charge in [-0.15, -0.1) is 0 Å². The average molecular weight is 284 g/mol. The molecule has 0 fully saturated rings. The number of hydrogen-bond donors (Lipinski definition) is 1. The second-order valence-electron chi connectivity index (χ2n) is 5.76. The Morgan fingerprint density at radius 1 is 1.10 bits per heavy atom. The fraction of sp³-hybridized carbons (Fsp3) is 0.526. The molecule has 1 aromatic carbocycles. The number of aryl methyl sites for hydroxylation is 2. The molecule has 2 nitrogen and oxygen atoms in total. The third-order valence-electron chi connectivity index (χ3n) is 4.08. The molecule has 21 heavy (non-hydrogen) atoms. The van der Waals surface area contributed by atoms with Crippen molar-refractivity contribution in [3.05, 3.63) is 41.1 Å². The van der Waals surface area contributed by atoms with E-state index in [0.29, 0.717) is 0 Å². The lowest BCUT2D eigenvalue weighted by Crippen LogP contribution is -2.17. The molecule has 1 aromatic rings. The summed E-state index contributed by atoms with van der Waals surface area (Å²) in [7, 11) is 1.90. The number of rotatable bonds is 6. The molecule has 0 atom stereocenters. The SMILES string of the molecule is CCCc1cccc(CCC)c1NC1=CCCCC1=NC. The summed E-state index contributed by atoms with van der Waals surface area (Å²) >= 11 is 0. The molecule has 0 spiro atoms. The monoisotopic (exact) mass is 284 g/mol. The molecule has 1 aliphatic rings. The molecule has 0 aromatic heterocycles. The van der Waals surface area contributed by atoms with Gasteiger partial charge in [0.1, 0.15) is 0 Å². The topological polar surface area (TPSA) is 24.4 Å². The molecule has 1 N–H and O–H groups in total. The number of benzene rings is 1. The normalized spacial score (nSPS) is 16.9. The van der Waals surface area contributed by atoms with E-state index in [4.69, 9.17) is 0 Å². The average Bonchev–Trinajstić information content (AvgIpc) is 2.51. The summed E-state index contributed by atoms with van der Waals surface area (Å²) in [5.41, 5.74) is 6.64. The first-order valence-corrected chi connectivity index (χ1v) is 8.34. The largest absolute Gasteiger partial charge is 0.354 e. The van der Waals surface area contributed by atoms with Gasteiger partial charge in [-0.25, -0.2) is 0 Å². The minimum Gasteiger partial charge on any atom is -0.354 e. The molecule has 0 saturated carbocycles. The molecule has 0 bridgehead atoms. The van der Waals surface area contributed by atoms with E-state index in [9.17, 15) is 0 Å². The summed E-state index contributed by atoms with van der Waals surface area (Å²) in [4.78, 5) is 4.46. The highest BCUT2D eigenvalue weighted by Crippen LogP contribution is 2.27. The lowest BCUT2D eigenvalue weighted by atomic mass is 9.97.